The lowest BCUT2D eigenvalue weighted by molar-refractivity contribution is 0.0303. The van der Waals surface area contributed by atoms with Gasteiger partial charge in [0, 0.05) is 36.1 Å². The van der Waals surface area contributed by atoms with Gasteiger partial charge in [-0.1, -0.05) is 48.0 Å². The molecule has 0 aliphatic carbocycles. The molecule has 0 radical (unpaired) electrons. The summed E-state index contributed by atoms with van der Waals surface area (Å²) < 4.78 is 5.37. The van der Waals surface area contributed by atoms with E-state index in [1.807, 2.05) is 65.8 Å². The number of benzene rings is 2. The molecule has 2 aromatic carbocycles. The van der Waals surface area contributed by atoms with Crippen molar-refractivity contribution in [3.63, 3.8) is 0 Å². The van der Waals surface area contributed by atoms with Crippen molar-refractivity contribution in [2.24, 2.45) is 10.4 Å². The van der Waals surface area contributed by atoms with Crippen LogP contribution in [0.15, 0.2) is 65.8 Å². The molecule has 158 valence electrons. The molecule has 1 N–H and O–H groups in total. The second kappa shape index (κ2) is 7.98. The summed E-state index contributed by atoms with van der Waals surface area (Å²) in [4.78, 5) is 19.6. The number of halogens is 1. The maximum absolute atomic E-state index is 12.9. The summed E-state index contributed by atoms with van der Waals surface area (Å²) >= 11 is 6.50. The van der Waals surface area contributed by atoms with Crippen LogP contribution in [0, 0.1) is 5.41 Å². The maximum Gasteiger partial charge on any atom is 0.254 e. The molecule has 1 amide bonds. The predicted octanol–water partition coefficient (Wildman–Crippen LogP) is 4.26. The molecular formula is C25H24ClN3O2. The van der Waals surface area contributed by atoms with E-state index in [2.05, 4.69) is 18.3 Å². The number of hydrogen-bond donors (Lipinski definition) is 1. The third-order valence-corrected chi connectivity index (χ3v) is 6.59. The molecule has 5 nitrogen and oxygen atoms in total. The molecule has 31 heavy (non-hydrogen) atoms. The number of amides is 1. The largest absolute Gasteiger partial charge is 0.378 e. The molecule has 0 spiro atoms. The molecule has 2 aromatic rings. The standard InChI is InChI=1S/C25H24ClN3O2/c1-25-14-19(15-27-24(25)28-16-21(25)20-7-2-3-8-22(20)26)17-5-4-6-18(13-17)23(30)29-9-11-31-12-10-29/h2-8,13-16,24,28H,9-12H2,1H3. The van der Waals surface area contributed by atoms with Crippen LogP contribution in [0.3, 0.4) is 0 Å². The Morgan fingerprint density at radius 1 is 1.19 bits per heavy atom. The Bertz CT molecular complexity index is 1120. The van der Waals surface area contributed by atoms with E-state index < -0.39 is 0 Å². The van der Waals surface area contributed by atoms with Crippen LogP contribution in [0.4, 0.5) is 0 Å². The minimum absolute atomic E-state index is 0.0433. The lowest BCUT2D eigenvalue weighted by atomic mass is 9.75. The molecule has 3 aliphatic rings. The van der Waals surface area contributed by atoms with E-state index >= 15 is 0 Å². The Morgan fingerprint density at radius 2 is 2.00 bits per heavy atom. The summed E-state index contributed by atoms with van der Waals surface area (Å²) in [6.45, 7) is 4.61. The van der Waals surface area contributed by atoms with Gasteiger partial charge < -0.3 is 15.0 Å². The van der Waals surface area contributed by atoms with Gasteiger partial charge in [-0.2, -0.15) is 0 Å². The summed E-state index contributed by atoms with van der Waals surface area (Å²) in [5.41, 5.74) is 4.43. The Hall–Kier alpha value is -2.89. The highest BCUT2D eigenvalue weighted by Crippen LogP contribution is 2.47. The topological polar surface area (TPSA) is 53.9 Å². The van der Waals surface area contributed by atoms with E-state index in [0.29, 0.717) is 31.9 Å². The highest BCUT2D eigenvalue weighted by Gasteiger charge is 2.43. The molecule has 0 aromatic heterocycles. The van der Waals surface area contributed by atoms with Crippen LogP contribution in [0.2, 0.25) is 5.02 Å². The van der Waals surface area contributed by atoms with Crippen LogP contribution in [0.1, 0.15) is 28.4 Å². The number of carbonyl (C=O) groups is 1. The van der Waals surface area contributed by atoms with Crippen LogP contribution >= 0.6 is 11.6 Å². The SMILES string of the molecule is CC12C=C(c3cccc(C(=O)N4CCOCC4)c3)C=NC1NC=C2c1ccccc1Cl. The fourth-order valence-electron chi connectivity index (χ4n) is 4.49. The van der Waals surface area contributed by atoms with Gasteiger partial charge in [0.2, 0.25) is 0 Å². The minimum Gasteiger partial charge on any atom is -0.378 e. The van der Waals surface area contributed by atoms with Gasteiger partial charge in [-0.15, -0.1) is 0 Å². The molecule has 1 saturated heterocycles. The maximum atomic E-state index is 12.9. The van der Waals surface area contributed by atoms with E-state index in [4.69, 9.17) is 21.3 Å². The lowest BCUT2D eigenvalue weighted by Crippen LogP contribution is -2.40. The van der Waals surface area contributed by atoms with Gasteiger partial charge in [0.25, 0.3) is 5.91 Å². The van der Waals surface area contributed by atoms with Gasteiger partial charge in [0.1, 0.15) is 6.17 Å². The first-order valence-electron chi connectivity index (χ1n) is 10.5. The molecule has 1 fully saturated rings. The van der Waals surface area contributed by atoms with E-state index in [0.717, 1.165) is 27.3 Å². The molecule has 5 rings (SSSR count). The van der Waals surface area contributed by atoms with Gasteiger partial charge in [-0.25, -0.2) is 0 Å². The number of fused-ring (bicyclic) bond motifs is 1. The van der Waals surface area contributed by atoms with Crippen molar-refractivity contribution in [2.75, 3.05) is 26.3 Å². The monoisotopic (exact) mass is 433 g/mol. The van der Waals surface area contributed by atoms with Gasteiger partial charge in [-0.05, 0) is 47.4 Å². The molecule has 0 saturated carbocycles. The summed E-state index contributed by atoms with van der Waals surface area (Å²) in [5, 5.41) is 4.11. The van der Waals surface area contributed by atoms with Crippen LogP contribution in [0.5, 0.6) is 0 Å². The van der Waals surface area contributed by atoms with Gasteiger partial charge >= 0.3 is 0 Å². The van der Waals surface area contributed by atoms with E-state index in [1.165, 1.54) is 0 Å². The number of aliphatic imine (C=N–C) groups is 1. The van der Waals surface area contributed by atoms with Crippen molar-refractivity contribution in [3.05, 3.63) is 82.5 Å². The van der Waals surface area contributed by atoms with Crippen molar-refractivity contribution in [2.45, 2.75) is 13.1 Å². The number of morpholine rings is 1. The third-order valence-electron chi connectivity index (χ3n) is 6.26. The second-order valence-corrected chi connectivity index (χ2v) is 8.66. The Balaban J connectivity index is 1.48. The fraction of sp³-hybridized carbons (Fsp3) is 0.280. The third kappa shape index (κ3) is 3.58. The second-order valence-electron chi connectivity index (χ2n) is 8.25. The van der Waals surface area contributed by atoms with Gasteiger partial charge in [-0.3, -0.25) is 9.79 Å². The van der Waals surface area contributed by atoms with E-state index in [1.54, 1.807) is 0 Å². The molecule has 2 atom stereocenters. The zero-order chi connectivity index (χ0) is 21.4. The van der Waals surface area contributed by atoms with Crippen molar-refractivity contribution in [1.29, 1.82) is 0 Å². The lowest BCUT2D eigenvalue weighted by Gasteiger charge is -2.33. The number of nitrogens with zero attached hydrogens (tertiary/aromatic N) is 2. The molecule has 2 unspecified atom stereocenters. The predicted molar refractivity (Wildman–Crippen MR) is 124 cm³/mol. The number of hydrogen-bond acceptors (Lipinski definition) is 4. The van der Waals surface area contributed by atoms with Crippen molar-refractivity contribution < 1.29 is 9.53 Å². The zero-order valence-corrected chi connectivity index (χ0v) is 18.1. The van der Waals surface area contributed by atoms with Crippen molar-refractivity contribution in [3.8, 4) is 0 Å². The van der Waals surface area contributed by atoms with Crippen molar-refractivity contribution >= 4 is 34.9 Å². The highest BCUT2D eigenvalue weighted by atomic mass is 35.5. The van der Waals surface area contributed by atoms with Gasteiger partial charge in [0.05, 0.1) is 18.6 Å². The normalized spacial score (nSPS) is 24.8. The highest BCUT2D eigenvalue weighted by molar-refractivity contribution is 6.32. The smallest absolute Gasteiger partial charge is 0.254 e. The molecule has 3 heterocycles. The number of carbonyl (C=O) groups excluding carboxylic acids is 1. The van der Waals surface area contributed by atoms with Crippen LogP contribution in [0.25, 0.3) is 11.1 Å². The first-order valence-corrected chi connectivity index (χ1v) is 10.9. The molecular weight excluding hydrogens is 410 g/mol. The number of dihydropyridines is 1. The van der Waals surface area contributed by atoms with Crippen LogP contribution in [-0.2, 0) is 4.74 Å². The Kier molecular flexibility index (Phi) is 5.16. The number of ether oxygens (including phenoxy) is 1. The van der Waals surface area contributed by atoms with Gasteiger partial charge in [0.15, 0.2) is 0 Å². The molecule has 0 bridgehead atoms. The van der Waals surface area contributed by atoms with Crippen LogP contribution < -0.4 is 5.32 Å². The van der Waals surface area contributed by atoms with E-state index in [9.17, 15) is 4.79 Å². The average molecular weight is 434 g/mol. The average Bonchev–Trinajstić information content (AvgIpc) is 3.15. The van der Waals surface area contributed by atoms with Crippen LogP contribution in [-0.4, -0.2) is 49.5 Å². The molecule has 6 heteroatoms. The summed E-state index contributed by atoms with van der Waals surface area (Å²) in [5.74, 6) is 0.0433. The first kappa shape index (κ1) is 20.0. The summed E-state index contributed by atoms with van der Waals surface area (Å²) in [6.07, 6.45) is 6.06. The summed E-state index contributed by atoms with van der Waals surface area (Å²) in [6, 6.07) is 15.7. The Labute approximate surface area is 187 Å². The minimum atomic E-state index is -0.348. The quantitative estimate of drug-likeness (QED) is 0.787. The van der Waals surface area contributed by atoms with E-state index in [-0.39, 0.29) is 17.5 Å². The number of rotatable bonds is 3. The molecule has 3 aliphatic heterocycles. The summed E-state index contributed by atoms with van der Waals surface area (Å²) in [7, 11) is 0. The van der Waals surface area contributed by atoms with Crippen molar-refractivity contribution in [1.82, 2.24) is 10.2 Å². The Morgan fingerprint density at radius 3 is 2.81 bits per heavy atom. The number of nitrogens with one attached hydrogen (secondary N) is 1. The first-order chi connectivity index (χ1) is 15.1. The fourth-order valence-corrected chi connectivity index (χ4v) is 4.73. The number of allylic oxidation sites excluding steroid dienone is 1. The zero-order valence-electron chi connectivity index (χ0n) is 17.3.